The van der Waals surface area contributed by atoms with E-state index in [0.29, 0.717) is 19.3 Å². The first-order valence-corrected chi connectivity index (χ1v) is 9.10. The van der Waals surface area contributed by atoms with E-state index in [1.807, 2.05) is 48.6 Å². The van der Waals surface area contributed by atoms with Crippen LogP contribution in [0.5, 0.6) is 0 Å². The summed E-state index contributed by atoms with van der Waals surface area (Å²) in [4.78, 5) is 10.3. The van der Waals surface area contributed by atoms with Gasteiger partial charge in [0, 0.05) is 6.42 Å². The fraction of sp³-hybridized carbons (Fsp3) is 0.409. The van der Waals surface area contributed by atoms with E-state index >= 15 is 0 Å². The molecule has 0 aliphatic heterocycles. The minimum absolute atomic E-state index is 0.154. The zero-order valence-electron chi connectivity index (χ0n) is 15.6. The number of aliphatic hydroxyl groups excluding tert-OH is 2. The molecule has 0 radical (unpaired) electrons. The number of hydrogen-bond acceptors (Lipinski definition) is 3. The molecular weight excluding hydrogens is 328 g/mol. The van der Waals surface area contributed by atoms with Gasteiger partial charge in [-0.3, -0.25) is 4.79 Å². The summed E-state index contributed by atoms with van der Waals surface area (Å²) in [5.74, 6) is -0.787. The van der Waals surface area contributed by atoms with Crippen LogP contribution < -0.4 is 0 Å². The van der Waals surface area contributed by atoms with E-state index in [1.165, 1.54) is 0 Å². The Balaban J connectivity index is 3.87. The maximum atomic E-state index is 10.3. The molecule has 0 aliphatic carbocycles. The number of rotatable bonds is 14. The molecule has 0 spiro atoms. The smallest absolute Gasteiger partial charge is 0.303 e. The van der Waals surface area contributed by atoms with Crippen LogP contribution in [-0.4, -0.2) is 33.5 Å². The summed E-state index contributed by atoms with van der Waals surface area (Å²) in [5, 5.41) is 28.0. The third kappa shape index (κ3) is 18.2. The van der Waals surface area contributed by atoms with Gasteiger partial charge in [0.15, 0.2) is 0 Å². The van der Waals surface area contributed by atoms with Gasteiger partial charge in [-0.1, -0.05) is 79.8 Å². The Morgan fingerprint density at radius 3 is 1.88 bits per heavy atom. The number of carboxylic acids is 1. The summed E-state index contributed by atoms with van der Waals surface area (Å²) in [7, 11) is 0. The van der Waals surface area contributed by atoms with E-state index in [-0.39, 0.29) is 6.42 Å². The molecular formula is C22H32O4. The van der Waals surface area contributed by atoms with Crippen LogP contribution in [0.15, 0.2) is 72.9 Å². The Morgan fingerprint density at radius 1 is 0.808 bits per heavy atom. The highest BCUT2D eigenvalue weighted by Crippen LogP contribution is 2.00. The van der Waals surface area contributed by atoms with E-state index < -0.39 is 18.2 Å². The first-order chi connectivity index (χ1) is 12.6. The van der Waals surface area contributed by atoms with Crippen molar-refractivity contribution in [3.8, 4) is 0 Å². The van der Waals surface area contributed by atoms with Crippen LogP contribution in [0.2, 0.25) is 0 Å². The van der Waals surface area contributed by atoms with E-state index in [2.05, 4.69) is 6.92 Å². The number of aliphatic hydroxyl groups is 2. The molecule has 26 heavy (non-hydrogen) atoms. The fourth-order valence-electron chi connectivity index (χ4n) is 1.90. The number of carboxylic acid groups (broad SMARTS) is 1. The Hall–Kier alpha value is -2.17. The predicted octanol–water partition coefficient (Wildman–Crippen LogP) is 4.49. The van der Waals surface area contributed by atoms with Gasteiger partial charge in [0.1, 0.15) is 0 Å². The molecule has 0 aromatic rings. The molecule has 4 nitrogen and oxygen atoms in total. The van der Waals surface area contributed by atoms with Crippen LogP contribution in [0.3, 0.4) is 0 Å². The summed E-state index contributed by atoms with van der Waals surface area (Å²) in [5.41, 5.74) is 0. The molecule has 0 bridgehead atoms. The van der Waals surface area contributed by atoms with E-state index in [0.717, 1.165) is 12.8 Å². The Morgan fingerprint density at radius 2 is 1.35 bits per heavy atom. The zero-order chi connectivity index (χ0) is 19.5. The van der Waals surface area contributed by atoms with Crippen LogP contribution >= 0.6 is 0 Å². The number of hydrogen-bond donors (Lipinski definition) is 3. The second kappa shape index (κ2) is 17.6. The van der Waals surface area contributed by atoms with Crippen molar-refractivity contribution in [2.24, 2.45) is 0 Å². The summed E-state index contributed by atoms with van der Waals surface area (Å²) in [6, 6.07) is 0. The topological polar surface area (TPSA) is 77.8 Å². The minimum atomic E-state index is -0.787. The number of carbonyl (C=O) groups is 1. The molecule has 0 rings (SSSR count). The molecule has 0 heterocycles. The van der Waals surface area contributed by atoms with Gasteiger partial charge in [-0.05, 0) is 32.1 Å². The summed E-state index contributed by atoms with van der Waals surface area (Å²) in [6.07, 6.45) is 24.8. The van der Waals surface area contributed by atoms with Crippen molar-refractivity contribution in [3.63, 3.8) is 0 Å². The summed E-state index contributed by atoms with van der Waals surface area (Å²) in [6.45, 7) is 2.06. The number of aliphatic carboxylic acids is 1. The molecule has 144 valence electrons. The van der Waals surface area contributed by atoms with E-state index in [9.17, 15) is 15.0 Å². The van der Waals surface area contributed by atoms with Crippen molar-refractivity contribution in [1.29, 1.82) is 0 Å². The summed E-state index contributed by atoms with van der Waals surface area (Å²) < 4.78 is 0. The van der Waals surface area contributed by atoms with Crippen molar-refractivity contribution in [2.75, 3.05) is 0 Å². The third-order valence-electron chi connectivity index (χ3n) is 3.29. The second-order valence-electron chi connectivity index (χ2n) is 5.75. The van der Waals surface area contributed by atoms with E-state index in [4.69, 9.17) is 5.11 Å². The largest absolute Gasteiger partial charge is 0.481 e. The first-order valence-electron chi connectivity index (χ1n) is 9.10. The van der Waals surface area contributed by atoms with Crippen LogP contribution in [0.25, 0.3) is 0 Å². The highest BCUT2D eigenvalue weighted by atomic mass is 16.4. The van der Waals surface area contributed by atoms with Crippen LogP contribution in [0, 0.1) is 0 Å². The molecule has 0 aliphatic rings. The van der Waals surface area contributed by atoms with E-state index in [1.54, 1.807) is 24.3 Å². The molecule has 0 aromatic heterocycles. The fourth-order valence-corrected chi connectivity index (χ4v) is 1.90. The Bertz CT molecular complexity index is 524. The average molecular weight is 360 g/mol. The normalized spacial score (nSPS) is 15.5. The first kappa shape index (κ1) is 23.8. The van der Waals surface area contributed by atoms with Crippen LogP contribution in [0.1, 0.15) is 45.4 Å². The zero-order valence-corrected chi connectivity index (χ0v) is 15.6. The highest BCUT2D eigenvalue weighted by Gasteiger charge is 1.94. The maximum absolute atomic E-state index is 10.3. The van der Waals surface area contributed by atoms with Crippen LogP contribution in [0.4, 0.5) is 0 Å². The molecule has 0 saturated carbocycles. The third-order valence-corrected chi connectivity index (χ3v) is 3.29. The van der Waals surface area contributed by atoms with Gasteiger partial charge in [0.05, 0.1) is 12.2 Å². The molecule has 0 saturated heterocycles. The standard InChI is InChI=1S/C22H32O4/c1-2-3-10-15-20(23)17-12-8-9-13-18-21(24)16-11-6-4-5-7-14-19-22(25)26/h3,5-13,17-18,20-21,23-24H,2,4,14-16,19H2,1H3,(H,25,26)/b7-5-,9-8+,10-3-,11-6-,17-12-,18-13+/t20?,21-/m0/s1. The average Bonchev–Trinajstić information content (AvgIpc) is 2.60. The van der Waals surface area contributed by atoms with Gasteiger partial charge in [0.25, 0.3) is 0 Å². The van der Waals surface area contributed by atoms with Crippen molar-refractivity contribution in [3.05, 3.63) is 72.9 Å². The van der Waals surface area contributed by atoms with Crippen molar-refractivity contribution in [1.82, 2.24) is 0 Å². The van der Waals surface area contributed by atoms with Gasteiger partial charge in [-0.15, -0.1) is 0 Å². The molecule has 0 aromatic carbocycles. The lowest BCUT2D eigenvalue weighted by molar-refractivity contribution is -0.136. The SMILES string of the molecule is CC/C=C\CC(O)\C=C/C=C/C=C/[C@@H](O)C/C=C\C/C=C\CCC(=O)O. The van der Waals surface area contributed by atoms with Crippen LogP contribution in [-0.2, 0) is 4.79 Å². The monoisotopic (exact) mass is 360 g/mol. The second-order valence-corrected chi connectivity index (χ2v) is 5.75. The Kier molecular flexibility index (Phi) is 16.2. The van der Waals surface area contributed by atoms with Gasteiger partial charge >= 0.3 is 5.97 Å². The lowest BCUT2D eigenvalue weighted by Gasteiger charge is -1.99. The maximum Gasteiger partial charge on any atom is 0.303 e. The number of allylic oxidation sites excluding steroid dienone is 8. The van der Waals surface area contributed by atoms with Crippen molar-refractivity contribution < 1.29 is 20.1 Å². The quantitative estimate of drug-likeness (QED) is 0.315. The molecule has 0 amide bonds. The molecule has 0 fully saturated rings. The minimum Gasteiger partial charge on any atom is -0.481 e. The summed E-state index contributed by atoms with van der Waals surface area (Å²) >= 11 is 0. The Labute approximate surface area is 157 Å². The van der Waals surface area contributed by atoms with Crippen molar-refractivity contribution >= 4 is 5.97 Å². The molecule has 1 unspecified atom stereocenters. The molecule has 4 heteroatoms. The predicted molar refractivity (Wildman–Crippen MR) is 108 cm³/mol. The van der Waals surface area contributed by atoms with Gasteiger partial charge in [0.2, 0.25) is 0 Å². The van der Waals surface area contributed by atoms with Gasteiger partial charge in [-0.2, -0.15) is 0 Å². The van der Waals surface area contributed by atoms with Gasteiger partial charge in [-0.25, -0.2) is 0 Å². The highest BCUT2D eigenvalue weighted by molar-refractivity contribution is 5.66. The molecule has 3 N–H and O–H groups in total. The lowest BCUT2D eigenvalue weighted by Crippen LogP contribution is -1.98. The van der Waals surface area contributed by atoms with Crippen molar-refractivity contribution in [2.45, 2.75) is 57.7 Å². The molecule has 2 atom stereocenters. The van der Waals surface area contributed by atoms with Gasteiger partial charge < -0.3 is 15.3 Å². The lowest BCUT2D eigenvalue weighted by atomic mass is 10.2.